The molecule has 2 heterocycles. The highest BCUT2D eigenvalue weighted by molar-refractivity contribution is 6.04. The molecule has 0 aliphatic heterocycles. The standard InChI is InChI=1S/C21H18N4O2/c1-12-7-13(2)9-15(8-12)17-5-3-14(11-22-17)20(26)23-16-4-6-18-19(10-16)25-21(27)24-18/h3-11H,1-2H3,(H,23,26)(H2,24,25,27). The number of hydrogen-bond donors (Lipinski definition) is 3. The number of nitrogens with one attached hydrogen (secondary N) is 3. The van der Waals surface area contributed by atoms with Gasteiger partial charge in [-0.25, -0.2) is 4.79 Å². The molecule has 0 radical (unpaired) electrons. The Kier molecular flexibility index (Phi) is 4.08. The monoisotopic (exact) mass is 358 g/mol. The number of benzene rings is 2. The van der Waals surface area contributed by atoms with Gasteiger partial charge in [0.25, 0.3) is 5.91 Å². The molecule has 0 fully saturated rings. The van der Waals surface area contributed by atoms with E-state index < -0.39 is 0 Å². The van der Waals surface area contributed by atoms with Crippen LogP contribution in [0, 0.1) is 13.8 Å². The molecule has 0 unspecified atom stereocenters. The zero-order chi connectivity index (χ0) is 19.0. The van der Waals surface area contributed by atoms with Crippen LogP contribution in [0.4, 0.5) is 5.69 Å². The van der Waals surface area contributed by atoms with Gasteiger partial charge in [0.1, 0.15) is 0 Å². The third kappa shape index (κ3) is 3.50. The molecule has 0 atom stereocenters. The molecule has 3 N–H and O–H groups in total. The Hall–Kier alpha value is -3.67. The minimum Gasteiger partial charge on any atom is -0.322 e. The molecular weight excluding hydrogens is 340 g/mol. The predicted octanol–water partition coefficient (Wildman–Crippen LogP) is 3.79. The Labute approximate surface area is 155 Å². The molecule has 0 spiro atoms. The van der Waals surface area contributed by atoms with Crippen LogP contribution in [0.1, 0.15) is 21.5 Å². The summed E-state index contributed by atoms with van der Waals surface area (Å²) >= 11 is 0. The average molecular weight is 358 g/mol. The molecule has 6 heteroatoms. The van der Waals surface area contributed by atoms with Crippen molar-refractivity contribution in [3.8, 4) is 11.3 Å². The van der Waals surface area contributed by atoms with Gasteiger partial charge in [0, 0.05) is 17.4 Å². The van der Waals surface area contributed by atoms with Gasteiger partial charge in [-0.3, -0.25) is 9.78 Å². The molecule has 2 aromatic heterocycles. The lowest BCUT2D eigenvalue weighted by Gasteiger charge is -2.07. The van der Waals surface area contributed by atoms with E-state index in [0.29, 0.717) is 22.3 Å². The van der Waals surface area contributed by atoms with Crippen LogP contribution in [0.15, 0.2) is 59.5 Å². The number of aryl methyl sites for hydroxylation is 2. The summed E-state index contributed by atoms with van der Waals surface area (Å²) in [6, 6.07) is 15.0. The molecule has 0 saturated carbocycles. The van der Waals surface area contributed by atoms with Gasteiger partial charge in [0.05, 0.1) is 22.3 Å². The van der Waals surface area contributed by atoms with Gasteiger partial charge in [-0.15, -0.1) is 0 Å². The Morgan fingerprint density at radius 3 is 2.37 bits per heavy atom. The van der Waals surface area contributed by atoms with Crippen LogP contribution in [0.5, 0.6) is 0 Å². The first-order valence-electron chi connectivity index (χ1n) is 8.56. The van der Waals surface area contributed by atoms with Gasteiger partial charge in [-0.05, 0) is 56.3 Å². The molecule has 6 nitrogen and oxygen atoms in total. The summed E-state index contributed by atoms with van der Waals surface area (Å²) in [5.41, 5.74) is 6.31. The number of anilines is 1. The van der Waals surface area contributed by atoms with Crippen molar-refractivity contribution in [1.29, 1.82) is 0 Å². The van der Waals surface area contributed by atoms with Crippen molar-refractivity contribution < 1.29 is 4.79 Å². The zero-order valence-corrected chi connectivity index (χ0v) is 15.0. The maximum Gasteiger partial charge on any atom is 0.323 e. The first kappa shape index (κ1) is 16.8. The van der Waals surface area contributed by atoms with Gasteiger partial charge < -0.3 is 15.3 Å². The quantitative estimate of drug-likeness (QED) is 0.520. The summed E-state index contributed by atoms with van der Waals surface area (Å²) in [5.74, 6) is -0.258. The number of imidazole rings is 1. The third-order valence-electron chi connectivity index (χ3n) is 4.32. The molecule has 0 aliphatic rings. The second kappa shape index (κ2) is 6.57. The first-order valence-corrected chi connectivity index (χ1v) is 8.56. The molecule has 134 valence electrons. The largest absolute Gasteiger partial charge is 0.323 e. The Bertz CT molecular complexity index is 1180. The van der Waals surface area contributed by atoms with Crippen LogP contribution < -0.4 is 11.0 Å². The number of carbonyl (C=O) groups is 1. The van der Waals surface area contributed by atoms with Crippen LogP contribution in [-0.2, 0) is 0 Å². The van der Waals surface area contributed by atoms with Crippen LogP contribution in [0.25, 0.3) is 22.3 Å². The number of H-pyrrole nitrogens is 2. The molecule has 0 aliphatic carbocycles. The molecule has 4 rings (SSSR count). The molecular formula is C21H18N4O2. The number of hydrogen-bond acceptors (Lipinski definition) is 3. The first-order chi connectivity index (χ1) is 13.0. The lowest BCUT2D eigenvalue weighted by atomic mass is 10.0. The lowest BCUT2D eigenvalue weighted by molar-refractivity contribution is 0.102. The minimum atomic E-state index is -0.278. The SMILES string of the molecule is Cc1cc(C)cc(-c2ccc(C(=O)Nc3ccc4[nH]c(=O)[nH]c4c3)cn2)c1. The van der Waals surface area contributed by atoms with Crippen molar-refractivity contribution in [2.75, 3.05) is 5.32 Å². The summed E-state index contributed by atoms with van der Waals surface area (Å²) in [4.78, 5) is 33.6. The third-order valence-corrected chi connectivity index (χ3v) is 4.32. The summed E-state index contributed by atoms with van der Waals surface area (Å²) < 4.78 is 0. The molecule has 4 aromatic rings. The van der Waals surface area contributed by atoms with Crippen molar-refractivity contribution in [2.45, 2.75) is 13.8 Å². The van der Waals surface area contributed by atoms with Gasteiger partial charge >= 0.3 is 5.69 Å². The van der Waals surface area contributed by atoms with E-state index in [9.17, 15) is 9.59 Å². The van der Waals surface area contributed by atoms with Crippen molar-refractivity contribution >= 4 is 22.6 Å². The van der Waals surface area contributed by atoms with Crippen LogP contribution in [0.2, 0.25) is 0 Å². The topological polar surface area (TPSA) is 90.6 Å². The van der Waals surface area contributed by atoms with Gasteiger partial charge in [0.15, 0.2) is 0 Å². The summed E-state index contributed by atoms with van der Waals surface area (Å²) in [7, 11) is 0. The Morgan fingerprint density at radius 2 is 1.67 bits per heavy atom. The number of pyridine rings is 1. The van der Waals surface area contributed by atoms with E-state index in [1.54, 1.807) is 30.5 Å². The van der Waals surface area contributed by atoms with E-state index in [1.165, 1.54) is 11.1 Å². The number of carbonyl (C=O) groups excluding carboxylic acids is 1. The van der Waals surface area contributed by atoms with Crippen LogP contribution >= 0.6 is 0 Å². The highest BCUT2D eigenvalue weighted by atomic mass is 16.2. The fourth-order valence-corrected chi connectivity index (χ4v) is 3.14. The van der Waals surface area contributed by atoms with E-state index in [2.05, 4.69) is 38.5 Å². The maximum atomic E-state index is 12.5. The number of fused-ring (bicyclic) bond motifs is 1. The number of rotatable bonds is 3. The zero-order valence-electron chi connectivity index (χ0n) is 15.0. The van der Waals surface area contributed by atoms with E-state index >= 15 is 0 Å². The number of nitrogens with zero attached hydrogens (tertiary/aromatic N) is 1. The smallest absolute Gasteiger partial charge is 0.322 e. The lowest BCUT2D eigenvalue weighted by Crippen LogP contribution is -2.12. The second-order valence-electron chi connectivity index (χ2n) is 6.60. The van der Waals surface area contributed by atoms with E-state index in [-0.39, 0.29) is 11.6 Å². The van der Waals surface area contributed by atoms with Gasteiger partial charge in [-0.2, -0.15) is 0 Å². The average Bonchev–Trinajstić information content (AvgIpc) is 3.00. The van der Waals surface area contributed by atoms with E-state index in [4.69, 9.17) is 0 Å². The Balaban J connectivity index is 1.55. The molecule has 1 amide bonds. The summed E-state index contributed by atoms with van der Waals surface area (Å²) in [6.45, 7) is 4.10. The summed E-state index contributed by atoms with van der Waals surface area (Å²) in [6.07, 6.45) is 1.57. The molecule has 0 bridgehead atoms. The second-order valence-corrected chi connectivity index (χ2v) is 6.60. The molecule has 0 saturated heterocycles. The number of aromatic amines is 2. The molecule has 27 heavy (non-hydrogen) atoms. The normalized spacial score (nSPS) is 10.9. The van der Waals surface area contributed by atoms with Gasteiger partial charge in [-0.1, -0.05) is 17.2 Å². The Morgan fingerprint density at radius 1 is 0.926 bits per heavy atom. The van der Waals surface area contributed by atoms with Crippen LogP contribution in [-0.4, -0.2) is 20.9 Å². The number of amides is 1. The summed E-state index contributed by atoms with van der Waals surface area (Å²) in [5, 5.41) is 2.82. The van der Waals surface area contributed by atoms with Gasteiger partial charge in [0.2, 0.25) is 0 Å². The highest BCUT2D eigenvalue weighted by Gasteiger charge is 2.09. The predicted molar refractivity (Wildman–Crippen MR) is 106 cm³/mol. The van der Waals surface area contributed by atoms with Crippen molar-refractivity contribution in [3.05, 3.63) is 81.9 Å². The van der Waals surface area contributed by atoms with E-state index in [1.807, 2.05) is 19.9 Å². The van der Waals surface area contributed by atoms with Crippen LogP contribution in [0.3, 0.4) is 0 Å². The van der Waals surface area contributed by atoms with Crippen molar-refractivity contribution in [3.63, 3.8) is 0 Å². The highest BCUT2D eigenvalue weighted by Crippen LogP contribution is 2.21. The van der Waals surface area contributed by atoms with E-state index in [0.717, 1.165) is 11.3 Å². The number of aromatic nitrogens is 3. The maximum absolute atomic E-state index is 12.5. The van der Waals surface area contributed by atoms with Crippen molar-refractivity contribution in [1.82, 2.24) is 15.0 Å². The fourth-order valence-electron chi connectivity index (χ4n) is 3.14. The van der Waals surface area contributed by atoms with Crippen molar-refractivity contribution in [2.24, 2.45) is 0 Å². The molecule has 2 aromatic carbocycles. The fraction of sp³-hybridized carbons (Fsp3) is 0.0952. The minimum absolute atomic E-state index is 0.258.